The molecule has 2 nitrogen and oxygen atoms in total. The number of benzene rings is 1. The Labute approximate surface area is 89.8 Å². The van der Waals surface area contributed by atoms with Crippen molar-refractivity contribution in [2.24, 2.45) is 0 Å². The first-order chi connectivity index (χ1) is 6.16. The minimum Gasteiger partial charge on any atom is -0.397 e. The van der Waals surface area contributed by atoms with Crippen LogP contribution in [0.25, 0.3) is 0 Å². The van der Waals surface area contributed by atoms with Gasteiger partial charge in [-0.1, -0.05) is 0 Å². The van der Waals surface area contributed by atoms with Gasteiger partial charge in [0.2, 0.25) is 0 Å². The van der Waals surface area contributed by atoms with Gasteiger partial charge in [0.1, 0.15) is 5.82 Å². The molecule has 0 bridgehead atoms. The Bertz CT molecular complexity index is 337. The van der Waals surface area contributed by atoms with E-state index in [9.17, 15) is 4.39 Å². The predicted octanol–water partition coefficient (Wildman–Crippen LogP) is 2.59. The number of hydrogen-bond donors (Lipinski definition) is 2. The van der Waals surface area contributed by atoms with Crippen LogP contribution in [0.1, 0.15) is 12.8 Å². The van der Waals surface area contributed by atoms with Crippen LogP contribution in [-0.2, 0) is 0 Å². The zero-order valence-electron chi connectivity index (χ0n) is 6.98. The maximum absolute atomic E-state index is 13.1. The second-order valence-electron chi connectivity index (χ2n) is 3.27. The van der Waals surface area contributed by atoms with Crippen LogP contribution in [-0.4, -0.2) is 6.04 Å². The molecule has 0 heterocycles. The van der Waals surface area contributed by atoms with Crippen molar-refractivity contribution in [2.75, 3.05) is 11.1 Å². The lowest BCUT2D eigenvalue weighted by Crippen LogP contribution is -2.05. The molecule has 0 radical (unpaired) electrons. The van der Waals surface area contributed by atoms with Gasteiger partial charge < -0.3 is 11.1 Å². The van der Waals surface area contributed by atoms with Gasteiger partial charge >= 0.3 is 0 Å². The van der Waals surface area contributed by atoms with E-state index < -0.39 is 0 Å². The van der Waals surface area contributed by atoms with Crippen molar-refractivity contribution in [3.05, 3.63) is 21.5 Å². The third kappa shape index (κ3) is 2.04. The molecule has 0 amide bonds. The zero-order valence-corrected chi connectivity index (χ0v) is 9.14. The first-order valence-corrected chi connectivity index (χ1v) is 5.26. The molecule has 0 aliphatic heterocycles. The molecule has 1 aliphatic carbocycles. The van der Waals surface area contributed by atoms with Gasteiger partial charge in [0.25, 0.3) is 0 Å². The van der Waals surface area contributed by atoms with Crippen molar-refractivity contribution in [3.8, 4) is 0 Å². The largest absolute Gasteiger partial charge is 0.397 e. The summed E-state index contributed by atoms with van der Waals surface area (Å²) in [6.07, 6.45) is 2.32. The van der Waals surface area contributed by atoms with Gasteiger partial charge in [-0.3, -0.25) is 0 Å². The molecule has 70 valence electrons. The van der Waals surface area contributed by atoms with Gasteiger partial charge in [-0.05, 0) is 41.5 Å². The van der Waals surface area contributed by atoms with E-state index in [4.69, 9.17) is 5.73 Å². The predicted molar refractivity (Wildman–Crippen MR) is 60.2 cm³/mol. The summed E-state index contributed by atoms with van der Waals surface area (Å²) >= 11 is 1.93. The lowest BCUT2D eigenvalue weighted by Gasteiger charge is -2.08. The van der Waals surface area contributed by atoms with Crippen molar-refractivity contribution in [1.82, 2.24) is 0 Å². The quantitative estimate of drug-likeness (QED) is 0.649. The smallest absolute Gasteiger partial charge is 0.138 e. The van der Waals surface area contributed by atoms with Crippen LogP contribution in [0.2, 0.25) is 0 Å². The van der Waals surface area contributed by atoms with Crippen molar-refractivity contribution < 1.29 is 4.39 Å². The number of hydrogen-bond acceptors (Lipinski definition) is 2. The minimum absolute atomic E-state index is 0.210. The normalized spacial score (nSPS) is 15.8. The molecule has 2 rings (SSSR count). The van der Waals surface area contributed by atoms with Gasteiger partial charge in [-0.15, -0.1) is 0 Å². The highest BCUT2D eigenvalue weighted by Gasteiger charge is 2.22. The Morgan fingerprint density at radius 3 is 2.77 bits per heavy atom. The molecule has 1 fully saturated rings. The summed E-state index contributed by atoms with van der Waals surface area (Å²) in [5, 5.41) is 3.18. The standard InChI is InChI=1S/C9H10FIN2/c10-6-3-9(13-5-1-2-5)8(12)4-7(6)11/h3-5,13H,1-2,12H2. The summed E-state index contributed by atoms with van der Waals surface area (Å²) in [4.78, 5) is 0. The minimum atomic E-state index is -0.210. The average Bonchev–Trinajstić information content (AvgIpc) is 2.84. The van der Waals surface area contributed by atoms with Crippen molar-refractivity contribution in [1.29, 1.82) is 0 Å². The number of nitrogen functional groups attached to an aromatic ring is 1. The Morgan fingerprint density at radius 1 is 1.46 bits per heavy atom. The molecule has 1 saturated carbocycles. The summed E-state index contributed by atoms with van der Waals surface area (Å²) in [5.41, 5.74) is 7.08. The fourth-order valence-electron chi connectivity index (χ4n) is 1.13. The van der Waals surface area contributed by atoms with Crippen LogP contribution in [0.15, 0.2) is 12.1 Å². The highest BCUT2D eigenvalue weighted by atomic mass is 127. The summed E-state index contributed by atoms with van der Waals surface area (Å²) in [6, 6.07) is 3.62. The Morgan fingerprint density at radius 2 is 2.15 bits per heavy atom. The highest BCUT2D eigenvalue weighted by Crippen LogP contribution is 2.30. The SMILES string of the molecule is Nc1cc(I)c(F)cc1NC1CC1. The van der Waals surface area contributed by atoms with Crippen LogP contribution < -0.4 is 11.1 Å². The molecule has 1 aromatic carbocycles. The lowest BCUT2D eigenvalue weighted by atomic mass is 10.2. The molecule has 0 spiro atoms. The molecule has 1 aliphatic rings. The molecular formula is C9H10FIN2. The molecule has 0 unspecified atom stereocenters. The molecule has 0 saturated heterocycles. The fourth-order valence-corrected chi connectivity index (χ4v) is 1.63. The summed E-state index contributed by atoms with van der Waals surface area (Å²) in [6.45, 7) is 0. The van der Waals surface area contributed by atoms with Crippen molar-refractivity contribution in [3.63, 3.8) is 0 Å². The third-order valence-corrected chi connectivity index (χ3v) is 2.86. The third-order valence-electron chi connectivity index (χ3n) is 2.03. The molecular weight excluding hydrogens is 282 g/mol. The van der Waals surface area contributed by atoms with E-state index in [2.05, 4.69) is 5.32 Å². The van der Waals surface area contributed by atoms with Gasteiger partial charge in [-0.2, -0.15) is 0 Å². The van der Waals surface area contributed by atoms with E-state index in [0.717, 1.165) is 18.5 Å². The van der Waals surface area contributed by atoms with E-state index in [0.29, 0.717) is 15.3 Å². The first-order valence-electron chi connectivity index (χ1n) is 4.18. The van der Waals surface area contributed by atoms with E-state index in [1.54, 1.807) is 6.07 Å². The van der Waals surface area contributed by atoms with Crippen molar-refractivity contribution >= 4 is 34.0 Å². The Kier molecular flexibility index (Phi) is 2.31. The van der Waals surface area contributed by atoms with E-state index in [1.165, 1.54) is 6.07 Å². The topological polar surface area (TPSA) is 38.0 Å². The van der Waals surface area contributed by atoms with E-state index in [1.807, 2.05) is 22.6 Å². The maximum atomic E-state index is 13.1. The molecule has 4 heteroatoms. The molecule has 3 N–H and O–H groups in total. The Balaban J connectivity index is 2.27. The number of nitrogens with two attached hydrogens (primary N) is 1. The fraction of sp³-hybridized carbons (Fsp3) is 0.333. The van der Waals surface area contributed by atoms with Crippen LogP contribution >= 0.6 is 22.6 Å². The van der Waals surface area contributed by atoms with Crippen LogP contribution in [0.5, 0.6) is 0 Å². The number of halogens is 2. The van der Waals surface area contributed by atoms with Gasteiger partial charge in [0.15, 0.2) is 0 Å². The second-order valence-corrected chi connectivity index (χ2v) is 4.43. The second kappa shape index (κ2) is 3.32. The maximum Gasteiger partial charge on any atom is 0.138 e. The van der Waals surface area contributed by atoms with Crippen LogP contribution in [0.4, 0.5) is 15.8 Å². The highest BCUT2D eigenvalue weighted by molar-refractivity contribution is 14.1. The van der Waals surface area contributed by atoms with Crippen LogP contribution in [0.3, 0.4) is 0 Å². The zero-order chi connectivity index (χ0) is 9.42. The molecule has 0 aromatic heterocycles. The number of anilines is 2. The Hall–Kier alpha value is -0.520. The lowest BCUT2D eigenvalue weighted by molar-refractivity contribution is 0.621. The molecule has 13 heavy (non-hydrogen) atoms. The van der Waals surface area contributed by atoms with Gasteiger partial charge in [0, 0.05) is 12.1 Å². The van der Waals surface area contributed by atoms with Crippen molar-refractivity contribution in [2.45, 2.75) is 18.9 Å². The van der Waals surface area contributed by atoms with Crippen LogP contribution in [0, 0.1) is 9.39 Å². The summed E-state index contributed by atoms with van der Waals surface area (Å²) < 4.78 is 13.7. The van der Waals surface area contributed by atoms with Gasteiger partial charge in [0.05, 0.1) is 14.9 Å². The van der Waals surface area contributed by atoms with Gasteiger partial charge in [-0.25, -0.2) is 4.39 Å². The average molecular weight is 292 g/mol. The summed E-state index contributed by atoms with van der Waals surface area (Å²) in [5.74, 6) is -0.210. The van der Waals surface area contributed by atoms with E-state index >= 15 is 0 Å². The van der Waals surface area contributed by atoms with E-state index in [-0.39, 0.29) is 5.82 Å². The molecule has 0 atom stereocenters. The molecule has 1 aromatic rings. The first kappa shape index (κ1) is 9.05. The summed E-state index contributed by atoms with van der Waals surface area (Å²) in [7, 11) is 0. The number of rotatable bonds is 2. The monoisotopic (exact) mass is 292 g/mol. The number of nitrogens with one attached hydrogen (secondary N) is 1.